The first-order valence-corrected chi connectivity index (χ1v) is 7.47. The van der Waals surface area contributed by atoms with E-state index >= 15 is 0 Å². The summed E-state index contributed by atoms with van der Waals surface area (Å²) in [5.74, 6) is 1.13. The zero-order valence-corrected chi connectivity index (χ0v) is 13.6. The predicted octanol–water partition coefficient (Wildman–Crippen LogP) is 3.39. The van der Waals surface area contributed by atoms with E-state index < -0.39 is 0 Å². The van der Waals surface area contributed by atoms with Crippen molar-refractivity contribution in [1.82, 2.24) is 9.88 Å². The van der Waals surface area contributed by atoms with E-state index in [-0.39, 0.29) is 5.91 Å². The highest BCUT2D eigenvalue weighted by Gasteiger charge is 2.19. The highest BCUT2D eigenvalue weighted by atomic mass is 79.9. The Bertz CT molecular complexity index is 435. The fraction of sp³-hybridized carbons (Fsp3) is 0.571. The Balaban J connectivity index is 3.05. The van der Waals surface area contributed by atoms with Crippen molar-refractivity contribution in [2.75, 3.05) is 25.0 Å². The lowest BCUT2D eigenvalue weighted by atomic mass is 10.1. The lowest BCUT2D eigenvalue weighted by Crippen LogP contribution is -2.34. The Labute approximate surface area is 123 Å². The second-order valence-electron chi connectivity index (χ2n) is 4.82. The second kappa shape index (κ2) is 7.48. The number of aromatic nitrogens is 1. The minimum Gasteiger partial charge on any atom is -0.370 e. The maximum absolute atomic E-state index is 12.6. The van der Waals surface area contributed by atoms with Crippen LogP contribution in [0.2, 0.25) is 0 Å². The van der Waals surface area contributed by atoms with Crippen LogP contribution in [-0.2, 0) is 0 Å². The van der Waals surface area contributed by atoms with Gasteiger partial charge in [0.05, 0.1) is 5.56 Å². The maximum Gasteiger partial charge on any atom is 0.257 e. The van der Waals surface area contributed by atoms with Gasteiger partial charge in [0.1, 0.15) is 5.82 Å². The molecule has 0 radical (unpaired) electrons. The summed E-state index contributed by atoms with van der Waals surface area (Å²) in [5, 5.41) is 3.14. The summed E-state index contributed by atoms with van der Waals surface area (Å²) in [5.41, 5.74) is 0.624. The monoisotopic (exact) mass is 327 g/mol. The summed E-state index contributed by atoms with van der Waals surface area (Å²) < 4.78 is 0.818. The first kappa shape index (κ1) is 16.0. The van der Waals surface area contributed by atoms with Gasteiger partial charge in [-0.3, -0.25) is 4.79 Å². The van der Waals surface area contributed by atoms with Gasteiger partial charge in [0, 0.05) is 30.3 Å². The average Bonchev–Trinajstić information content (AvgIpc) is 2.37. The smallest absolute Gasteiger partial charge is 0.257 e. The van der Waals surface area contributed by atoms with Crippen LogP contribution in [0.4, 0.5) is 5.82 Å². The third-order valence-corrected chi connectivity index (χ3v) is 3.12. The van der Waals surface area contributed by atoms with Crippen molar-refractivity contribution in [2.45, 2.75) is 27.7 Å². The van der Waals surface area contributed by atoms with E-state index in [4.69, 9.17) is 0 Å². The van der Waals surface area contributed by atoms with Crippen LogP contribution in [0.3, 0.4) is 0 Å². The van der Waals surface area contributed by atoms with Crippen LogP contribution in [0.15, 0.2) is 16.7 Å². The van der Waals surface area contributed by atoms with Gasteiger partial charge in [0.2, 0.25) is 0 Å². The summed E-state index contributed by atoms with van der Waals surface area (Å²) in [6.45, 7) is 10.4. The van der Waals surface area contributed by atoms with Gasteiger partial charge in [-0.15, -0.1) is 0 Å². The molecule has 0 bridgehead atoms. The number of halogens is 1. The van der Waals surface area contributed by atoms with Gasteiger partial charge in [-0.25, -0.2) is 4.98 Å². The van der Waals surface area contributed by atoms with E-state index in [1.165, 1.54) is 0 Å². The SMILES string of the molecule is CCNc1ncc(Br)cc1C(=O)N(CC)CC(C)C. The third kappa shape index (κ3) is 4.49. The molecule has 0 aliphatic carbocycles. The number of nitrogens with one attached hydrogen (secondary N) is 1. The molecule has 0 saturated carbocycles. The minimum absolute atomic E-state index is 0.0287. The molecule has 5 heteroatoms. The first-order valence-electron chi connectivity index (χ1n) is 6.68. The molecular formula is C14H22BrN3O. The van der Waals surface area contributed by atoms with Crippen LogP contribution in [-0.4, -0.2) is 35.4 Å². The van der Waals surface area contributed by atoms with E-state index in [0.717, 1.165) is 17.6 Å². The number of nitrogens with zero attached hydrogens (tertiary/aromatic N) is 2. The minimum atomic E-state index is 0.0287. The summed E-state index contributed by atoms with van der Waals surface area (Å²) in [6, 6.07) is 1.83. The molecule has 1 heterocycles. The topological polar surface area (TPSA) is 45.2 Å². The average molecular weight is 328 g/mol. The van der Waals surface area contributed by atoms with Crippen molar-refractivity contribution in [3.63, 3.8) is 0 Å². The number of hydrogen-bond donors (Lipinski definition) is 1. The quantitative estimate of drug-likeness (QED) is 0.871. The molecule has 0 fully saturated rings. The fourth-order valence-corrected chi connectivity index (χ4v) is 2.21. The number of rotatable bonds is 6. The molecule has 1 N–H and O–H groups in total. The Kier molecular flexibility index (Phi) is 6.28. The van der Waals surface area contributed by atoms with Gasteiger partial charge in [0.25, 0.3) is 5.91 Å². The molecule has 0 unspecified atom stereocenters. The maximum atomic E-state index is 12.6. The standard InChI is InChI=1S/C14H22BrN3O/c1-5-16-13-12(7-11(15)8-17-13)14(19)18(6-2)9-10(3)4/h7-8,10H,5-6,9H2,1-4H3,(H,16,17). The Morgan fingerprint density at radius 1 is 1.47 bits per heavy atom. The molecule has 1 aromatic heterocycles. The Morgan fingerprint density at radius 3 is 2.68 bits per heavy atom. The number of anilines is 1. The molecule has 0 saturated heterocycles. The molecule has 0 aliphatic heterocycles. The Hall–Kier alpha value is -1.10. The van der Waals surface area contributed by atoms with E-state index in [2.05, 4.69) is 40.1 Å². The highest BCUT2D eigenvalue weighted by Crippen LogP contribution is 2.20. The van der Waals surface area contributed by atoms with Crippen molar-refractivity contribution in [2.24, 2.45) is 5.92 Å². The molecule has 1 amide bonds. The van der Waals surface area contributed by atoms with Crippen LogP contribution in [0.1, 0.15) is 38.1 Å². The number of pyridine rings is 1. The van der Waals surface area contributed by atoms with Gasteiger partial charge >= 0.3 is 0 Å². The third-order valence-electron chi connectivity index (χ3n) is 2.68. The van der Waals surface area contributed by atoms with Crippen LogP contribution in [0, 0.1) is 5.92 Å². The van der Waals surface area contributed by atoms with Crippen molar-refractivity contribution >= 4 is 27.7 Å². The summed E-state index contributed by atoms with van der Waals surface area (Å²) in [6.07, 6.45) is 1.70. The zero-order chi connectivity index (χ0) is 14.4. The van der Waals surface area contributed by atoms with Crippen molar-refractivity contribution in [3.05, 3.63) is 22.3 Å². The zero-order valence-electron chi connectivity index (χ0n) is 12.0. The van der Waals surface area contributed by atoms with Crippen molar-refractivity contribution in [3.8, 4) is 0 Å². The van der Waals surface area contributed by atoms with Gasteiger partial charge < -0.3 is 10.2 Å². The number of hydrogen-bond acceptors (Lipinski definition) is 3. The van der Waals surface area contributed by atoms with E-state index in [0.29, 0.717) is 23.8 Å². The molecule has 1 aromatic rings. The number of carbonyl (C=O) groups excluding carboxylic acids is 1. The van der Waals surface area contributed by atoms with Gasteiger partial charge in [-0.1, -0.05) is 13.8 Å². The molecule has 0 atom stereocenters. The van der Waals surface area contributed by atoms with Crippen LogP contribution < -0.4 is 5.32 Å². The number of carbonyl (C=O) groups is 1. The summed E-state index contributed by atoms with van der Waals surface area (Å²) >= 11 is 3.38. The predicted molar refractivity (Wildman–Crippen MR) is 82.5 cm³/mol. The molecule has 4 nitrogen and oxygen atoms in total. The largest absolute Gasteiger partial charge is 0.370 e. The molecule has 1 rings (SSSR count). The van der Waals surface area contributed by atoms with Gasteiger partial charge in [-0.2, -0.15) is 0 Å². The molecule has 0 aliphatic rings. The first-order chi connectivity index (χ1) is 8.99. The highest BCUT2D eigenvalue weighted by molar-refractivity contribution is 9.10. The van der Waals surface area contributed by atoms with Crippen molar-refractivity contribution in [1.29, 1.82) is 0 Å². The summed E-state index contributed by atoms with van der Waals surface area (Å²) in [4.78, 5) is 18.7. The molecular weight excluding hydrogens is 306 g/mol. The summed E-state index contributed by atoms with van der Waals surface area (Å²) in [7, 11) is 0. The van der Waals surface area contributed by atoms with E-state index in [9.17, 15) is 4.79 Å². The van der Waals surface area contributed by atoms with Crippen LogP contribution >= 0.6 is 15.9 Å². The van der Waals surface area contributed by atoms with Crippen LogP contribution in [0.5, 0.6) is 0 Å². The second-order valence-corrected chi connectivity index (χ2v) is 5.73. The van der Waals surface area contributed by atoms with Gasteiger partial charge in [0.15, 0.2) is 0 Å². The van der Waals surface area contributed by atoms with E-state index in [1.54, 1.807) is 6.20 Å². The van der Waals surface area contributed by atoms with E-state index in [1.807, 2.05) is 24.8 Å². The molecule has 0 spiro atoms. The lowest BCUT2D eigenvalue weighted by molar-refractivity contribution is 0.0746. The molecule has 19 heavy (non-hydrogen) atoms. The number of amides is 1. The molecule has 0 aromatic carbocycles. The van der Waals surface area contributed by atoms with Crippen molar-refractivity contribution < 1.29 is 4.79 Å². The van der Waals surface area contributed by atoms with Crippen LogP contribution in [0.25, 0.3) is 0 Å². The lowest BCUT2D eigenvalue weighted by Gasteiger charge is -2.24. The normalized spacial score (nSPS) is 10.6. The fourth-order valence-electron chi connectivity index (χ4n) is 1.88. The Morgan fingerprint density at radius 2 is 2.16 bits per heavy atom. The van der Waals surface area contributed by atoms with Gasteiger partial charge in [-0.05, 0) is 41.8 Å². The molecule has 106 valence electrons.